The molecule has 0 saturated heterocycles. The lowest BCUT2D eigenvalue weighted by molar-refractivity contribution is -0.118. The summed E-state index contributed by atoms with van der Waals surface area (Å²) in [7, 11) is 0. The molecule has 0 bridgehead atoms. The van der Waals surface area contributed by atoms with Gasteiger partial charge in [0.05, 0.1) is 12.0 Å². The fraction of sp³-hybridized carbons (Fsp3) is 0.286. The lowest BCUT2D eigenvalue weighted by Gasteiger charge is -2.17. The van der Waals surface area contributed by atoms with Crippen LogP contribution >= 0.6 is 0 Å². The minimum Gasteiger partial charge on any atom is -0.454 e. The van der Waals surface area contributed by atoms with Gasteiger partial charge >= 0.3 is 6.09 Å². The van der Waals surface area contributed by atoms with Gasteiger partial charge in [-0.25, -0.2) is 4.79 Å². The quantitative estimate of drug-likeness (QED) is 0.487. The molecule has 0 spiro atoms. The molecule has 3 aromatic carbocycles. The maximum atomic E-state index is 13.3. The van der Waals surface area contributed by atoms with Crippen LogP contribution in [0, 0.1) is 6.92 Å². The first-order chi connectivity index (χ1) is 17.0. The van der Waals surface area contributed by atoms with E-state index in [0.29, 0.717) is 18.9 Å². The Morgan fingerprint density at radius 1 is 0.971 bits per heavy atom. The van der Waals surface area contributed by atoms with E-state index in [4.69, 9.17) is 14.2 Å². The molecule has 1 heterocycles. The average molecular weight is 473 g/mol. The third-order valence-corrected chi connectivity index (χ3v) is 6.58. The second-order valence-corrected chi connectivity index (χ2v) is 8.90. The summed E-state index contributed by atoms with van der Waals surface area (Å²) in [4.78, 5) is 24.8. The monoisotopic (exact) mass is 472 g/mol. The topological polar surface area (TPSA) is 85.9 Å². The van der Waals surface area contributed by atoms with Crippen LogP contribution in [0.15, 0.2) is 60.7 Å². The van der Waals surface area contributed by atoms with E-state index < -0.39 is 11.5 Å². The van der Waals surface area contributed by atoms with Crippen LogP contribution in [-0.4, -0.2) is 25.4 Å². The van der Waals surface area contributed by atoms with E-state index in [0.717, 1.165) is 52.1 Å². The maximum Gasteiger partial charge on any atom is 0.407 e. The van der Waals surface area contributed by atoms with E-state index in [1.54, 1.807) is 6.92 Å². The second kappa shape index (κ2) is 9.33. The molecule has 1 saturated carbocycles. The Kier molecular flexibility index (Phi) is 6.07. The maximum absolute atomic E-state index is 13.3. The standard InChI is InChI=1S/C28H28N2O5/c1-3-33-27(32)29-16-19-5-7-20(8-6-19)23-15-22(10-4-18(23)2)30-26(31)28(12-13-28)21-9-11-24-25(14-21)35-17-34-24/h4-11,14-15H,3,12-13,16-17H2,1-2H3,(H,29,32)(H,30,31). The van der Waals surface area contributed by atoms with Crippen LogP contribution in [0.25, 0.3) is 11.1 Å². The molecule has 3 aromatic rings. The van der Waals surface area contributed by atoms with Gasteiger partial charge in [0.2, 0.25) is 12.7 Å². The van der Waals surface area contributed by atoms with Crippen LogP contribution in [0.5, 0.6) is 11.5 Å². The zero-order valence-corrected chi connectivity index (χ0v) is 19.9. The van der Waals surface area contributed by atoms with Gasteiger partial charge in [0.1, 0.15) is 0 Å². The van der Waals surface area contributed by atoms with E-state index in [-0.39, 0.29) is 12.7 Å². The first kappa shape index (κ1) is 22.8. The Morgan fingerprint density at radius 2 is 1.74 bits per heavy atom. The summed E-state index contributed by atoms with van der Waals surface area (Å²) in [5.41, 5.74) is 5.35. The van der Waals surface area contributed by atoms with Gasteiger partial charge in [-0.1, -0.05) is 36.4 Å². The van der Waals surface area contributed by atoms with Crippen molar-refractivity contribution >= 4 is 17.7 Å². The number of nitrogens with one attached hydrogen (secondary N) is 2. The lowest BCUT2D eigenvalue weighted by atomic mass is 9.94. The fourth-order valence-electron chi connectivity index (χ4n) is 4.39. The highest BCUT2D eigenvalue weighted by atomic mass is 16.7. The molecule has 0 unspecified atom stereocenters. The molecule has 2 amide bonds. The van der Waals surface area contributed by atoms with Crippen molar-refractivity contribution in [3.05, 3.63) is 77.4 Å². The second-order valence-electron chi connectivity index (χ2n) is 8.90. The molecule has 5 rings (SSSR count). The van der Waals surface area contributed by atoms with Crippen molar-refractivity contribution in [2.45, 2.75) is 38.6 Å². The normalized spacial score (nSPS) is 14.8. The Labute approximate surface area is 204 Å². The first-order valence-corrected chi connectivity index (χ1v) is 11.8. The highest BCUT2D eigenvalue weighted by Crippen LogP contribution is 2.51. The summed E-state index contributed by atoms with van der Waals surface area (Å²) in [5.74, 6) is 1.41. The molecule has 1 aliphatic heterocycles. The molecule has 2 N–H and O–H groups in total. The van der Waals surface area contributed by atoms with Crippen molar-refractivity contribution in [2.75, 3.05) is 18.7 Å². The van der Waals surface area contributed by atoms with Crippen molar-refractivity contribution in [2.24, 2.45) is 0 Å². The van der Waals surface area contributed by atoms with E-state index in [1.165, 1.54) is 0 Å². The molecule has 0 aromatic heterocycles. The zero-order chi connectivity index (χ0) is 24.4. The predicted octanol–water partition coefficient (Wildman–Crippen LogP) is 5.31. The average Bonchev–Trinajstić information content (AvgIpc) is 3.55. The number of benzene rings is 3. The molecular weight excluding hydrogens is 444 g/mol. The predicted molar refractivity (Wildman–Crippen MR) is 133 cm³/mol. The summed E-state index contributed by atoms with van der Waals surface area (Å²) in [5, 5.41) is 5.86. The van der Waals surface area contributed by atoms with Crippen LogP contribution in [-0.2, 0) is 21.5 Å². The summed E-state index contributed by atoms with van der Waals surface area (Å²) in [6, 6.07) is 19.7. The van der Waals surface area contributed by atoms with Crippen LogP contribution in [0.4, 0.5) is 10.5 Å². The zero-order valence-electron chi connectivity index (χ0n) is 19.9. The van der Waals surface area contributed by atoms with Crippen LogP contribution in [0.3, 0.4) is 0 Å². The van der Waals surface area contributed by atoms with Gasteiger partial charge in [-0.15, -0.1) is 0 Å². The Balaban J connectivity index is 1.30. The SMILES string of the molecule is CCOC(=O)NCc1ccc(-c2cc(NC(=O)C3(c4ccc5c(c4)OCO5)CC3)ccc2C)cc1. The van der Waals surface area contributed by atoms with Crippen molar-refractivity contribution in [1.82, 2.24) is 5.32 Å². The van der Waals surface area contributed by atoms with Crippen molar-refractivity contribution < 1.29 is 23.8 Å². The van der Waals surface area contributed by atoms with Gasteiger partial charge in [-0.05, 0) is 78.8 Å². The fourth-order valence-corrected chi connectivity index (χ4v) is 4.39. The molecule has 1 aliphatic carbocycles. The largest absolute Gasteiger partial charge is 0.454 e. The van der Waals surface area contributed by atoms with Gasteiger partial charge < -0.3 is 24.8 Å². The summed E-state index contributed by atoms with van der Waals surface area (Å²) in [6.45, 7) is 4.78. The smallest absolute Gasteiger partial charge is 0.407 e. The molecule has 35 heavy (non-hydrogen) atoms. The first-order valence-electron chi connectivity index (χ1n) is 11.8. The van der Waals surface area contributed by atoms with Gasteiger partial charge in [0.25, 0.3) is 0 Å². The third-order valence-electron chi connectivity index (χ3n) is 6.58. The molecule has 7 nitrogen and oxygen atoms in total. The number of hydrogen-bond acceptors (Lipinski definition) is 5. The number of carbonyl (C=O) groups excluding carboxylic acids is 2. The van der Waals surface area contributed by atoms with Crippen molar-refractivity contribution in [1.29, 1.82) is 0 Å². The number of amides is 2. The molecule has 1 fully saturated rings. The number of ether oxygens (including phenoxy) is 3. The van der Waals surface area contributed by atoms with Crippen LogP contribution in [0.2, 0.25) is 0 Å². The molecule has 2 aliphatic rings. The number of rotatable bonds is 7. The minimum absolute atomic E-state index is 0.00782. The Bertz CT molecular complexity index is 1260. The van der Waals surface area contributed by atoms with Gasteiger partial charge in [-0.3, -0.25) is 4.79 Å². The van der Waals surface area contributed by atoms with E-state index in [9.17, 15) is 9.59 Å². The van der Waals surface area contributed by atoms with Crippen molar-refractivity contribution in [3.63, 3.8) is 0 Å². The number of alkyl carbamates (subject to hydrolysis) is 1. The van der Waals surface area contributed by atoms with Gasteiger partial charge in [0, 0.05) is 12.2 Å². The minimum atomic E-state index is -0.528. The Morgan fingerprint density at radius 3 is 2.49 bits per heavy atom. The number of anilines is 1. The third kappa shape index (κ3) is 4.67. The van der Waals surface area contributed by atoms with E-state index in [2.05, 4.69) is 10.6 Å². The highest BCUT2D eigenvalue weighted by molar-refractivity contribution is 6.02. The van der Waals surface area contributed by atoms with Crippen LogP contribution in [0.1, 0.15) is 36.5 Å². The van der Waals surface area contributed by atoms with E-state index >= 15 is 0 Å². The molecule has 0 radical (unpaired) electrons. The highest BCUT2D eigenvalue weighted by Gasteiger charge is 2.51. The number of hydrogen-bond donors (Lipinski definition) is 2. The summed E-state index contributed by atoms with van der Waals surface area (Å²) >= 11 is 0. The van der Waals surface area contributed by atoms with Gasteiger partial charge in [-0.2, -0.15) is 0 Å². The van der Waals surface area contributed by atoms with E-state index in [1.807, 2.05) is 67.6 Å². The number of fused-ring (bicyclic) bond motifs is 1. The lowest BCUT2D eigenvalue weighted by Crippen LogP contribution is -2.27. The molecule has 7 heteroatoms. The number of aryl methyl sites for hydroxylation is 1. The number of carbonyl (C=O) groups is 2. The van der Waals surface area contributed by atoms with Crippen LogP contribution < -0.4 is 20.1 Å². The van der Waals surface area contributed by atoms with Crippen molar-refractivity contribution in [3.8, 4) is 22.6 Å². The molecule has 0 atom stereocenters. The summed E-state index contributed by atoms with van der Waals surface area (Å²) in [6.07, 6.45) is 1.18. The Hall–Kier alpha value is -4.00. The van der Waals surface area contributed by atoms with Gasteiger partial charge in [0.15, 0.2) is 11.5 Å². The molecule has 180 valence electrons. The molecular formula is C28H28N2O5. The summed E-state index contributed by atoms with van der Waals surface area (Å²) < 4.78 is 15.8.